The van der Waals surface area contributed by atoms with E-state index in [2.05, 4.69) is 22.3 Å². The van der Waals surface area contributed by atoms with Crippen molar-refractivity contribution in [2.24, 2.45) is 5.41 Å². The molecule has 0 N–H and O–H groups in total. The van der Waals surface area contributed by atoms with Gasteiger partial charge in [-0.3, -0.25) is 0 Å². The van der Waals surface area contributed by atoms with E-state index < -0.39 is 9.84 Å². The van der Waals surface area contributed by atoms with Gasteiger partial charge in [0.05, 0.1) is 18.3 Å². The molecule has 0 amide bonds. The van der Waals surface area contributed by atoms with Gasteiger partial charge in [-0.05, 0) is 55.2 Å². The molecule has 2 saturated carbocycles. The maximum absolute atomic E-state index is 12.1. The molecule has 0 unspecified atom stereocenters. The third kappa shape index (κ3) is 3.26. The van der Waals surface area contributed by atoms with Crippen molar-refractivity contribution in [2.45, 2.75) is 56.6 Å². The summed E-state index contributed by atoms with van der Waals surface area (Å²) in [5.41, 5.74) is 1.21. The van der Waals surface area contributed by atoms with Crippen molar-refractivity contribution in [3.8, 4) is 5.75 Å². The van der Waals surface area contributed by atoms with Crippen LogP contribution in [0, 0.1) is 5.41 Å². The Kier molecular flexibility index (Phi) is 4.53. The highest BCUT2D eigenvalue weighted by molar-refractivity contribution is 7.90. The predicted molar refractivity (Wildman–Crippen MR) is 101 cm³/mol. The predicted octanol–water partition coefficient (Wildman–Crippen LogP) is 3.65. The number of ether oxygens (including phenoxy) is 1. The number of sulfone groups is 1. The topological polar surface area (TPSA) is 82.3 Å². The Balaban J connectivity index is 1.64. The summed E-state index contributed by atoms with van der Waals surface area (Å²) in [6, 6.07) is 8.02. The molecule has 0 aliphatic heterocycles. The summed E-state index contributed by atoms with van der Waals surface area (Å²) in [7, 11) is -1.55. The second kappa shape index (κ2) is 6.62. The Morgan fingerprint density at radius 3 is 2.44 bits per heavy atom. The van der Waals surface area contributed by atoms with E-state index in [0.29, 0.717) is 17.7 Å². The maximum Gasteiger partial charge on any atom is 0.237 e. The van der Waals surface area contributed by atoms with Crippen LogP contribution in [0.1, 0.15) is 62.7 Å². The number of aromatic nitrogens is 2. The lowest BCUT2D eigenvalue weighted by Crippen LogP contribution is -2.53. The number of nitrogens with zero attached hydrogens (tertiary/aromatic N) is 2. The largest absolute Gasteiger partial charge is 0.497 e. The molecule has 1 spiro atoms. The zero-order valence-corrected chi connectivity index (χ0v) is 16.7. The molecule has 2 aliphatic rings. The average molecular weight is 391 g/mol. The summed E-state index contributed by atoms with van der Waals surface area (Å²) >= 11 is 0. The lowest BCUT2D eigenvalue weighted by atomic mass is 9.43. The summed E-state index contributed by atoms with van der Waals surface area (Å²) in [6.45, 7) is 1.85. The van der Waals surface area contributed by atoms with Gasteiger partial charge in [0.15, 0.2) is 15.7 Å². The van der Waals surface area contributed by atoms with E-state index in [1.807, 2.05) is 19.1 Å². The molecule has 7 heteroatoms. The van der Waals surface area contributed by atoms with Crippen LogP contribution in [-0.2, 0) is 21.0 Å². The molecule has 2 aliphatic carbocycles. The van der Waals surface area contributed by atoms with Crippen LogP contribution in [-0.4, -0.2) is 31.4 Å². The van der Waals surface area contributed by atoms with Crippen molar-refractivity contribution < 1.29 is 17.7 Å². The van der Waals surface area contributed by atoms with Crippen molar-refractivity contribution in [3.05, 3.63) is 41.5 Å². The van der Waals surface area contributed by atoms with Crippen LogP contribution in [0.2, 0.25) is 0 Å². The zero-order valence-electron chi connectivity index (χ0n) is 15.9. The summed E-state index contributed by atoms with van der Waals surface area (Å²) < 4.78 is 35.1. The second-order valence-corrected chi connectivity index (χ2v) is 10.3. The molecule has 0 atom stereocenters. The molecule has 6 nitrogen and oxygen atoms in total. The number of methoxy groups -OCH3 is 1. The summed E-state index contributed by atoms with van der Waals surface area (Å²) in [6.07, 6.45) is 6.33. The molecule has 0 saturated heterocycles. The van der Waals surface area contributed by atoms with Gasteiger partial charge < -0.3 is 9.26 Å². The standard InChI is InChI=1S/C20H26N2O4S/c1-3-11-27(23,24)12-17-21-18(26-22-17)20(13-19(14-20)9-4-10-19)15-5-7-16(25-2)8-6-15/h5-8H,3-4,9-14H2,1-2H3. The first-order valence-electron chi connectivity index (χ1n) is 9.58. The van der Waals surface area contributed by atoms with E-state index in [1.54, 1.807) is 7.11 Å². The fraction of sp³-hybridized carbons (Fsp3) is 0.600. The fourth-order valence-electron chi connectivity index (χ4n) is 4.73. The number of hydrogen-bond donors (Lipinski definition) is 0. The molecular formula is C20H26N2O4S. The quantitative estimate of drug-likeness (QED) is 0.718. The van der Waals surface area contributed by atoms with E-state index in [4.69, 9.17) is 9.26 Å². The van der Waals surface area contributed by atoms with E-state index in [0.717, 1.165) is 24.2 Å². The minimum atomic E-state index is -3.20. The van der Waals surface area contributed by atoms with Gasteiger partial charge in [0.2, 0.25) is 5.89 Å². The average Bonchev–Trinajstić information content (AvgIpc) is 3.01. The van der Waals surface area contributed by atoms with Gasteiger partial charge in [-0.15, -0.1) is 0 Å². The smallest absolute Gasteiger partial charge is 0.237 e. The summed E-state index contributed by atoms with van der Waals surface area (Å²) in [5, 5.41) is 3.99. The third-order valence-electron chi connectivity index (χ3n) is 6.15. The molecule has 1 aromatic carbocycles. The summed E-state index contributed by atoms with van der Waals surface area (Å²) in [4.78, 5) is 4.53. The van der Waals surface area contributed by atoms with Gasteiger partial charge in [-0.2, -0.15) is 4.98 Å². The van der Waals surface area contributed by atoms with Crippen molar-refractivity contribution in [3.63, 3.8) is 0 Å². The highest BCUT2D eigenvalue weighted by Crippen LogP contribution is 2.66. The summed E-state index contributed by atoms with van der Waals surface area (Å²) in [5.74, 6) is 1.61. The number of rotatable bonds is 7. The molecule has 4 rings (SSSR count). The fourth-order valence-corrected chi connectivity index (χ4v) is 6.01. The Morgan fingerprint density at radius 1 is 1.19 bits per heavy atom. The molecule has 0 bridgehead atoms. The van der Waals surface area contributed by atoms with Crippen molar-refractivity contribution in [1.29, 1.82) is 0 Å². The second-order valence-electron chi connectivity index (χ2n) is 8.13. The van der Waals surface area contributed by atoms with Crippen LogP contribution in [0.5, 0.6) is 5.75 Å². The van der Waals surface area contributed by atoms with E-state index in [1.165, 1.54) is 19.3 Å². The van der Waals surface area contributed by atoms with E-state index in [-0.39, 0.29) is 22.7 Å². The highest BCUT2D eigenvalue weighted by atomic mass is 32.2. The van der Waals surface area contributed by atoms with Crippen LogP contribution in [0.15, 0.2) is 28.8 Å². The molecule has 0 radical (unpaired) electrons. The van der Waals surface area contributed by atoms with Crippen molar-refractivity contribution in [2.75, 3.05) is 12.9 Å². The van der Waals surface area contributed by atoms with Gasteiger partial charge in [-0.25, -0.2) is 8.42 Å². The van der Waals surface area contributed by atoms with Gasteiger partial charge >= 0.3 is 0 Å². The Morgan fingerprint density at radius 2 is 1.89 bits per heavy atom. The van der Waals surface area contributed by atoms with Gasteiger partial charge in [-0.1, -0.05) is 30.6 Å². The normalized spacial score (nSPS) is 20.1. The molecule has 1 heterocycles. The lowest BCUT2D eigenvalue weighted by molar-refractivity contribution is -0.0425. The SMILES string of the molecule is CCCS(=O)(=O)Cc1noc(C2(c3ccc(OC)cc3)CC3(CCC3)C2)n1. The maximum atomic E-state index is 12.1. The molecule has 2 aromatic rings. The van der Waals surface area contributed by atoms with Gasteiger partial charge in [0.25, 0.3) is 0 Å². The van der Waals surface area contributed by atoms with E-state index >= 15 is 0 Å². The van der Waals surface area contributed by atoms with Gasteiger partial charge in [0.1, 0.15) is 11.5 Å². The Hall–Kier alpha value is -1.89. The molecule has 146 valence electrons. The Labute approximate surface area is 160 Å². The van der Waals surface area contributed by atoms with Crippen molar-refractivity contribution >= 4 is 9.84 Å². The van der Waals surface area contributed by atoms with Crippen LogP contribution < -0.4 is 4.74 Å². The Bertz CT molecular complexity index is 906. The first-order chi connectivity index (χ1) is 12.9. The van der Waals surface area contributed by atoms with Crippen LogP contribution in [0.4, 0.5) is 0 Å². The minimum Gasteiger partial charge on any atom is -0.497 e. The highest BCUT2D eigenvalue weighted by Gasteiger charge is 2.61. The zero-order chi connectivity index (χ0) is 19.1. The first kappa shape index (κ1) is 18.5. The molecular weight excluding hydrogens is 364 g/mol. The molecule has 27 heavy (non-hydrogen) atoms. The van der Waals surface area contributed by atoms with E-state index in [9.17, 15) is 8.42 Å². The van der Waals surface area contributed by atoms with Gasteiger partial charge in [0, 0.05) is 0 Å². The lowest BCUT2D eigenvalue weighted by Gasteiger charge is -2.59. The van der Waals surface area contributed by atoms with Crippen LogP contribution >= 0.6 is 0 Å². The third-order valence-corrected chi connectivity index (χ3v) is 7.88. The minimum absolute atomic E-state index is 0.142. The van der Waals surface area contributed by atoms with Crippen molar-refractivity contribution in [1.82, 2.24) is 10.1 Å². The first-order valence-corrected chi connectivity index (χ1v) is 11.4. The van der Waals surface area contributed by atoms with Crippen LogP contribution in [0.25, 0.3) is 0 Å². The van der Waals surface area contributed by atoms with Crippen LogP contribution in [0.3, 0.4) is 0 Å². The molecule has 1 aromatic heterocycles. The molecule has 2 fully saturated rings. The number of hydrogen-bond acceptors (Lipinski definition) is 6. The monoisotopic (exact) mass is 390 g/mol. The number of benzene rings is 1.